The van der Waals surface area contributed by atoms with E-state index < -0.39 is 0 Å². The fourth-order valence-corrected chi connectivity index (χ4v) is 3.31. The highest BCUT2D eigenvalue weighted by atomic mass is 16.2. The van der Waals surface area contributed by atoms with Crippen molar-refractivity contribution in [3.05, 3.63) is 65.7 Å². The Morgan fingerprint density at radius 3 is 2.62 bits per heavy atom. The number of benzene rings is 2. The molecule has 2 aromatic carbocycles. The number of amides is 3. The van der Waals surface area contributed by atoms with Gasteiger partial charge in [0.05, 0.1) is 5.92 Å². The number of carbonyl (C=O) groups is 3. The molecule has 0 unspecified atom stereocenters. The van der Waals surface area contributed by atoms with Gasteiger partial charge in [-0.2, -0.15) is 0 Å². The Balaban J connectivity index is 1.56. The van der Waals surface area contributed by atoms with Crippen molar-refractivity contribution in [1.29, 1.82) is 0 Å². The smallest absolute Gasteiger partial charge is 0.251 e. The normalized spacial score (nSPS) is 17.1. The fraction of sp³-hybridized carbons (Fsp3) is 0.348. The van der Waals surface area contributed by atoms with E-state index in [0.29, 0.717) is 18.7 Å². The van der Waals surface area contributed by atoms with Crippen LogP contribution in [0.15, 0.2) is 54.6 Å². The number of nitrogens with zero attached hydrogens (tertiary/aromatic N) is 1. The Morgan fingerprint density at radius 1 is 1.14 bits per heavy atom. The van der Waals surface area contributed by atoms with Crippen molar-refractivity contribution in [2.24, 2.45) is 5.92 Å². The average Bonchev–Trinajstić information content (AvgIpc) is 3.14. The number of rotatable bonds is 7. The topological polar surface area (TPSA) is 78.5 Å². The van der Waals surface area contributed by atoms with Crippen LogP contribution < -0.4 is 15.5 Å². The second kappa shape index (κ2) is 9.37. The van der Waals surface area contributed by atoms with Gasteiger partial charge >= 0.3 is 0 Å². The molecule has 1 aliphatic rings. The second-order valence-electron chi connectivity index (χ2n) is 7.44. The second-order valence-corrected chi connectivity index (χ2v) is 7.44. The van der Waals surface area contributed by atoms with Crippen LogP contribution in [0, 0.1) is 5.92 Å². The Labute approximate surface area is 171 Å². The molecule has 0 aromatic heterocycles. The van der Waals surface area contributed by atoms with Crippen LogP contribution >= 0.6 is 0 Å². The highest BCUT2D eigenvalue weighted by molar-refractivity contribution is 6.00. The summed E-state index contributed by atoms with van der Waals surface area (Å²) in [5.74, 6) is -0.682. The van der Waals surface area contributed by atoms with Crippen molar-refractivity contribution in [1.82, 2.24) is 10.6 Å². The molecule has 3 amide bonds. The van der Waals surface area contributed by atoms with Crippen molar-refractivity contribution < 1.29 is 14.4 Å². The van der Waals surface area contributed by atoms with Crippen molar-refractivity contribution >= 4 is 23.4 Å². The maximum absolute atomic E-state index is 12.6. The van der Waals surface area contributed by atoms with Gasteiger partial charge in [-0.1, -0.05) is 37.3 Å². The van der Waals surface area contributed by atoms with Crippen molar-refractivity contribution in [2.45, 2.75) is 39.3 Å². The predicted octanol–water partition coefficient (Wildman–Crippen LogP) is 2.88. The standard InChI is InChI=1S/C23H27N3O3/c1-3-16(2)25-23(29)18-9-7-8-17(12-18)14-24-22(28)19-13-21(27)26(15-19)20-10-5-4-6-11-20/h4-12,16,19H,3,13-15H2,1-2H3,(H,24,28)(H,25,29)/t16-,19-/m1/s1. The lowest BCUT2D eigenvalue weighted by Crippen LogP contribution is -2.33. The Morgan fingerprint density at radius 2 is 1.90 bits per heavy atom. The lowest BCUT2D eigenvalue weighted by Gasteiger charge is -2.16. The maximum Gasteiger partial charge on any atom is 0.251 e. The molecular weight excluding hydrogens is 366 g/mol. The monoisotopic (exact) mass is 393 g/mol. The molecule has 1 saturated heterocycles. The molecule has 2 atom stereocenters. The fourth-order valence-electron chi connectivity index (χ4n) is 3.31. The lowest BCUT2D eigenvalue weighted by molar-refractivity contribution is -0.126. The SMILES string of the molecule is CC[C@@H](C)NC(=O)c1cccc(CNC(=O)[C@@H]2CC(=O)N(c3ccccc3)C2)c1. The van der Waals surface area contributed by atoms with Crippen LogP contribution in [0.3, 0.4) is 0 Å². The average molecular weight is 393 g/mol. The van der Waals surface area contributed by atoms with E-state index in [1.165, 1.54) is 0 Å². The van der Waals surface area contributed by atoms with Crippen LogP contribution in [-0.2, 0) is 16.1 Å². The van der Waals surface area contributed by atoms with Gasteiger partial charge in [0.2, 0.25) is 11.8 Å². The summed E-state index contributed by atoms with van der Waals surface area (Å²) in [6.07, 6.45) is 1.07. The molecular formula is C23H27N3O3. The first kappa shape index (κ1) is 20.6. The van der Waals surface area contributed by atoms with E-state index in [1.54, 1.807) is 17.0 Å². The van der Waals surface area contributed by atoms with E-state index in [1.807, 2.05) is 56.3 Å². The molecule has 29 heavy (non-hydrogen) atoms. The van der Waals surface area contributed by atoms with E-state index in [-0.39, 0.29) is 36.1 Å². The summed E-state index contributed by atoms with van der Waals surface area (Å²) in [5.41, 5.74) is 2.23. The zero-order valence-electron chi connectivity index (χ0n) is 16.9. The molecule has 152 valence electrons. The van der Waals surface area contributed by atoms with Gasteiger partial charge in [-0.25, -0.2) is 0 Å². The van der Waals surface area contributed by atoms with Gasteiger partial charge < -0.3 is 15.5 Å². The lowest BCUT2D eigenvalue weighted by atomic mass is 10.1. The van der Waals surface area contributed by atoms with Gasteiger partial charge in [0.25, 0.3) is 5.91 Å². The van der Waals surface area contributed by atoms with Gasteiger partial charge in [0.15, 0.2) is 0 Å². The van der Waals surface area contributed by atoms with Gasteiger partial charge in [0, 0.05) is 36.8 Å². The first-order chi connectivity index (χ1) is 14.0. The quantitative estimate of drug-likeness (QED) is 0.759. The summed E-state index contributed by atoms with van der Waals surface area (Å²) in [7, 11) is 0. The third-order valence-corrected chi connectivity index (χ3v) is 5.21. The first-order valence-corrected chi connectivity index (χ1v) is 10.0. The summed E-state index contributed by atoms with van der Waals surface area (Å²) >= 11 is 0. The van der Waals surface area contributed by atoms with Crippen LogP contribution in [0.25, 0.3) is 0 Å². The summed E-state index contributed by atoms with van der Waals surface area (Å²) in [4.78, 5) is 38.8. The van der Waals surface area contributed by atoms with Crippen molar-refractivity contribution in [3.63, 3.8) is 0 Å². The van der Waals surface area contributed by atoms with Gasteiger partial charge in [-0.05, 0) is 43.2 Å². The van der Waals surface area contributed by atoms with Crippen molar-refractivity contribution in [3.8, 4) is 0 Å². The number of hydrogen-bond acceptors (Lipinski definition) is 3. The van der Waals surface area contributed by atoms with Crippen LogP contribution in [-0.4, -0.2) is 30.3 Å². The molecule has 0 bridgehead atoms. The van der Waals surface area contributed by atoms with Crippen LogP contribution in [0.1, 0.15) is 42.6 Å². The number of para-hydroxylation sites is 1. The van der Waals surface area contributed by atoms with E-state index >= 15 is 0 Å². The molecule has 1 aliphatic heterocycles. The zero-order valence-corrected chi connectivity index (χ0v) is 16.9. The molecule has 2 aromatic rings. The number of hydrogen-bond donors (Lipinski definition) is 2. The summed E-state index contributed by atoms with van der Waals surface area (Å²) in [6, 6.07) is 16.7. The van der Waals surface area contributed by atoms with Gasteiger partial charge in [0.1, 0.15) is 0 Å². The third-order valence-electron chi connectivity index (χ3n) is 5.21. The molecule has 0 spiro atoms. The van der Waals surface area contributed by atoms with Crippen LogP contribution in [0.5, 0.6) is 0 Å². The minimum absolute atomic E-state index is 0.0416. The molecule has 6 nitrogen and oxygen atoms in total. The first-order valence-electron chi connectivity index (χ1n) is 10.0. The van der Waals surface area contributed by atoms with Gasteiger partial charge in [-0.15, -0.1) is 0 Å². The molecule has 2 N–H and O–H groups in total. The highest BCUT2D eigenvalue weighted by Crippen LogP contribution is 2.24. The molecule has 0 aliphatic carbocycles. The Hall–Kier alpha value is -3.15. The summed E-state index contributed by atoms with van der Waals surface area (Å²) in [5, 5.41) is 5.84. The van der Waals surface area contributed by atoms with E-state index in [9.17, 15) is 14.4 Å². The Kier molecular flexibility index (Phi) is 6.65. The van der Waals surface area contributed by atoms with Crippen molar-refractivity contribution in [2.75, 3.05) is 11.4 Å². The number of nitrogens with one attached hydrogen (secondary N) is 2. The van der Waals surface area contributed by atoms with Crippen LogP contribution in [0.4, 0.5) is 5.69 Å². The summed E-state index contributed by atoms with van der Waals surface area (Å²) < 4.78 is 0. The maximum atomic E-state index is 12.6. The molecule has 3 rings (SSSR count). The summed E-state index contributed by atoms with van der Waals surface area (Å²) in [6.45, 7) is 4.68. The molecule has 0 saturated carbocycles. The van der Waals surface area contributed by atoms with Gasteiger partial charge in [-0.3, -0.25) is 14.4 Å². The van der Waals surface area contributed by atoms with E-state index in [0.717, 1.165) is 17.7 Å². The number of anilines is 1. The number of carbonyl (C=O) groups excluding carboxylic acids is 3. The minimum atomic E-state index is -0.375. The Bertz CT molecular complexity index is 882. The van der Waals surface area contributed by atoms with E-state index in [2.05, 4.69) is 10.6 Å². The molecule has 0 radical (unpaired) electrons. The molecule has 6 heteroatoms. The zero-order chi connectivity index (χ0) is 20.8. The highest BCUT2D eigenvalue weighted by Gasteiger charge is 2.34. The largest absolute Gasteiger partial charge is 0.352 e. The van der Waals surface area contributed by atoms with E-state index in [4.69, 9.17) is 0 Å². The minimum Gasteiger partial charge on any atom is -0.352 e. The van der Waals surface area contributed by atoms with Crippen LogP contribution in [0.2, 0.25) is 0 Å². The third kappa shape index (κ3) is 5.22. The molecule has 1 heterocycles. The predicted molar refractivity (Wildman–Crippen MR) is 112 cm³/mol. The molecule has 1 fully saturated rings.